The van der Waals surface area contributed by atoms with Crippen LogP contribution in [0.5, 0.6) is 0 Å². The van der Waals surface area contributed by atoms with Gasteiger partial charge in [0.2, 0.25) is 5.89 Å². The first-order valence-corrected chi connectivity index (χ1v) is 6.04. The van der Waals surface area contributed by atoms with E-state index in [-0.39, 0.29) is 6.04 Å². The molecule has 0 aromatic carbocycles. The van der Waals surface area contributed by atoms with E-state index in [1.165, 1.54) is 4.88 Å². The van der Waals surface area contributed by atoms with Gasteiger partial charge in [-0.2, -0.15) is 0 Å². The number of hydrogen-bond donors (Lipinski definition) is 1. The third-order valence-electron chi connectivity index (χ3n) is 2.24. The predicted octanol–water partition coefficient (Wildman–Crippen LogP) is 2.60. The first-order valence-electron chi connectivity index (χ1n) is 5.22. The summed E-state index contributed by atoms with van der Waals surface area (Å²) in [5, 5.41) is 4.43. The molecule has 2 heterocycles. The maximum absolute atomic E-state index is 5.38. The highest BCUT2D eigenvalue weighted by Gasteiger charge is 2.10. The third-order valence-corrected chi connectivity index (χ3v) is 3.33. The average Bonchev–Trinajstić information content (AvgIpc) is 2.84. The van der Waals surface area contributed by atoms with E-state index in [0.717, 1.165) is 16.7 Å². The van der Waals surface area contributed by atoms with Gasteiger partial charge in [0.15, 0.2) is 0 Å². The van der Waals surface area contributed by atoms with Gasteiger partial charge < -0.3 is 4.42 Å². The molecule has 0 radical (unpaired) electrons. The van der Waals surface area contributed by atoms with E-state index in [9.17, 15) is 0 Å². The summed E-state index contributed by atoms with van der Waals surface area (Å²) in [4.78, 5) is 9.71. The SMILES string of the molecule is Cc1cnc(CN[C@@H](C)c2ncc(C)s2)o1. The van der Waals surface area contributed by atoms with Crippen LogP contribution >= 0.6 is 11.3 Å². The van der Waals surface area contributed by atoms with E-state index in [2.05, 4.69) is 29.1 Å². The molecule has 2 aromatic heterocycles. The van der Waals surface area contributed by atoms with Crippen LogP contribution in [0.3, 0.4) is 0 Å². The number of rotatable bonds is 4. The number of nitrogens with zero attached hydrogens (tertiary/aromatic N) is 2. The molecular formula is C11H15N3OS. The lowest BCUT2D eigenvalue weighted by Gasteiger charge is -2.08. The molecular weight excluding hydrogens is 222 g/mol. The minimum atomic E-state index is 0.228. The van der Waals surface area contributed by atoms with Crippen LogP contribution in [0.2, 0.25) is 0 Å². The Bertz CT molecular complexity index is 463. The molecule has 0 spiro atoms. The molecule has 0 saturated carbocycles. The zero-order valence-corrected chi connectivity index (χ0v) is 10.5. The van der Waals surface area contributed by atoms with E-state index >= 15 is 0 Å². The summed E-state index contributed by atoms with van der Waals surface area (Å²) in [6.45, 7) is 6.68. The highest BCUT2D eigenvalue weighted by Crippen LogP contribution is 2.19. The first-order chi connectivity index (χ1) is 7.65. The highest BCUT2D eigenvalue weighted by molar-refractivity contribution is 7.11. The van der Waals surface area contributed by atoms with Crippen molar-refractivity contribution in [2.75, 3.05) is 0 Å². The van der Waals surface area contributed by atoms with Gasteiger partial charge in [0.25, 0.3) is 0 Å². The molecule has 0 amide bonds. The Balaban J connectivity index is 1.91. The highest BCUT2D eigenvalue weighted by atomic mass is 32.1. The normalized spacial score (nSPS) is 12.9. The number of thiazole rings is 1. The maximum Gasteiger partial charge on any atom is 0.208 e. The molecule has 0 aliphatic heterocycles. The minimum absolute atomic E-state index is 0.228. The smallest absolute Gasteiger partial charge is 0.208 e. The maximum atomic E-state index is 5.38. The van der Waals surface area contributed by atoms with Gasteiger partial charge in [0.1, 0.15) is 10.8 Å². The number of nitrogens with one attached hydrogen (secondary N) is 1. The zero-order chi connectivity index (χ0) is 11.5. The monoisotopic (exact) mass is 237 g/mol. The summed E-state index contributed by atoms with van der Waals surface area (Å²) in [5.41, 5.74) is 0. The van der Waals surface area contributed by atoms with Crippen molar-refractivity contribution in [3.8, 4) is 0 Å². The third kappa shape index (κ3) is 2.68. The lowest BCUT2D eigenvalue weighted by Crippen LogP contribution is -2.17. The van der Waals surface area contributed by atoms with E-state index < -0.39 is 0 Å². The molecule has 1 N–H and O–H groups in total. The van der Waals surface area contributed by atoms with E-state index in [1.54, 1.807) is 17.5 Å². The fourth-order valence-corrected chi connectivity index (χ4v) is 2.18. The second-order valence-corrected chi connectivity index (χ2v) is 5.04. The Morgan fingerprint density at radius 1 is 1.38 bits per heavy atom. The lowest BCUT2D eigenvalue weighted by atomic mass is 10.3. The Morgan fingerprint density at radius 2 is 2.19 bits per heavy atom. The summed E-state index contributed by atoms with van der Waals surface area (Å²) in [5.74, 6) is 1.56. The molecule has 16 heavy (non-hydrogen) atoms. The Kier molecular flexibility index (Phi) is 3.36. The van der Waals surface area contributed by atoms with Gasteiger partial charge in [-0.05, 0) is 20.8 Å². The van der Waals surface area contributed by atoms with Crippen LogP contribution in [0.15, 0.2) is 16.8 Å². The van der Waals surface area contributed by atoms with Crippen LogP contribution in [-0.4, -0.2) is 9.97 Å². The topological polar surface area (TPSA) is 51.0 Å². The van der Waals surface area contributed by atoms with Crippen molar-refractivity contribution in [1.82, 2.24) is 15.3 Å². The molecule has 0 aliphatic rings. The number of oxazole rings is 1. The summed E-state index contributed by atoms with van der Waals surface area (Å²) < 4.78 is 5.38. The van der Waals surface area contributed by atoms with Crippen molar-refractivity contribution in [2.24, 2.45) is 0 Å². The van der Waals surface area contributed by atoms with Crippen molar-refractivity contribution >= 4 is 11.3 Å². The fraction of sp³-hybridized carbons (Fsp3) is 0.455. The summed E-state index contributed by atoms with van der Waals surface area (Å²) >= 11 is 1.71. The van der Waals surface area contributed by atoms with E-state index in [0.29, 0.717) is 6.54 Å². The van der Waals surface area contributed by atoms with Crippen LogP contribution in [0.1, 0.15) is 34.5 Å². The quantitative estimate of drug-likeness (QED) is 0.888. The van der Waals surface area contributed by atoms with Crippen LogP contribution in [0, 0.1) is 13.8 Å². The van der Waals surface area contributed by atoms with Gasteiger partial charge in [-0.15, -0.1) is 11.3 Å². The first kappa shape index (κ1) is 11.3. The van der Waals surface area contributed by atoms with Crippen molar-refractivity contribution in [3.63, 3.8) is 0 Å². The lowest BCUT2D eigenvalue weighted by molar-refractivity contribution is 0.432. The molecule has 0 unspecified atom stereocenters. The number of aryl methyl sites for hydroxylation is 2. The number of hydrogen-bond acceptors (Lipinski definition) is 5. The molecule has 5 heteroatoms. The number of aromatic nitrogens is 2. The van der Waals surface area contributed by atoms with Gasteiger partial charge in [0, 0.05) is 11.1 Å². The molecule has 4 nitrogen and oxygen atoms in total. The molecule has 0 aliphatic carbocycles. The van der Waals surface area contributed by atoms with Gasteiger partial charge in [-0.3, -0.25) is 5.32 Å². The minimum Gasteiger partial charge on any atom is -0.445 e. The second kappa shape index (κ2) is 4.76. The van der Waals surface area contributed by atoms with E-state index in [4.69, 9.17) is 4.42 Å². The predicted molar refractivity (Wildman–Crippen MR) is 63.3 cm³/mol. The molecule has 2 aromatic rings. The van der Waals surface area contributed by atoms with Crippen molar-refractivity contribution in [3.05, 3.63) is 33.9 Å². The summed E-state index contributed by atoms with van der Waals surface area (Å²) in [6, 6.07) is 0.228. The summed E-state index contributed by atoms with van der Waals surface area (Å²) in [7, 11) is 0. The Morgan fingerprint density at radius 3 is 2.75 bits per heavy atom. The second-order valence-electron chi connectivity index (χ2n) is 3.78. The molecule has 2 rings (SSSR count). The van der Waals surface area contributed by atoms with Crippen LogP contribution in [-0.2, 0) is 6.54 Å². The molecule has 1 atom stereocenters. The zero-order valence-electron chi connectivity index (χ0n) is 9.65. The van der Waals surface area contributed by atoms with Crippen LogP contribution in [0.25, 0.3) is 0 Å². The summed E-state index contributed by atoms with van der Waals surface area (Å²) in [6.07, 6.45) is 3.63. The van der Waals surface area contributed by atoms with Crippen LogP contribution < -0.4 is 5.32 Å². The molecule has 0 saturated heterocycles. The standard InChI is InChI=1S/C11H15N3OS/c1-7-4-13-10(15-7)6-12-9(3)11-14-5-8(2)16-11/h4-5,9,12H,6H2,1-3H3/t9-/m0/s1. The fourth-order valence-electron chi connectivity index (χ4n) is 1.38. The van der Waals surface area contributed by atoms with Crippen molar-refractivity contribution < 1.29 is 4.42 Å². The molecule has 0 fully saturated rings. The van der Waals surface area contributed by atoms with Crippen molar-refractivity contribution in [1.29, 1.82) is 0 Å². The Hall–Kier alpha value is -1.20. The van der Waals surface area contributed by atoms with Gasteiger partial charge in [0.05, 0.1) is 18.8 Å². The largest absolute Gasteiger partial charge is 0.445 e. The molecule has 0 bridgehead atoms. The molecule has 86 valence electrons. The van der Waals surface area contributed by atoms with Gasteiger partial charge in [-0.1, -0.05) is 0 Å². The average molecular weight is 237 g/mol. The van der Waals surface area contributed by atoms with E-state index in [1.807, 2.05) is 13.1 Å². The van der Waals surface area contributed by atoms with Crippen LogP contribution in [0.4, 0.5) is 0 Å². The Labute approximate surface area is 98.7 Å². The van der Waals surface area contributed by atoms with Crippen molar-refractivity contribution in [2.45, 2.75) is 33.4 Å². The van der Waals surface area contributed by atoms with Gasteiger partial charge in [-0.25, -0.2) is 9.97 Å². The van der Waals surface area contributed by atoms with Gasteiger partial charge >= 0.3 is 0 Å².